The topological polar surface area (TPSA) is 91.8 Å². The molecular weight excluding hydrogens is 302 g/mol. The maximum Gasteiger partial charge on any atom is 0.373 e. The van der Waals surface area contributed by atoms with Crippen molar-refractivity contribution in [1.29, 1.82) is 0 Å². The maximum absolute atomic E-state index is 12.4. The molecule has 0 radical (unpaired) electrons. The summed E-state index contributed by atoms with van der Waals surface area (Å²) in [6.45, 7) is 0. The van der Waals surface area contributed by atoms with Crippen molar-refractivity contribution in [1.82, 2.24) is 0 Å². The first-order valence-corrected chi connectivity index (χ1v) is 8.30. The second-order valence-corrected chi connectivity index (χ2v) is 7.11. The van der Waals surface area contributed by atoms with Crippen LogP contribution in [0.15, 0.2) is 65.6 Å². The molecular formula is C12H11NO5S2. The van der Waals surface area contributed by atoms with Crippen molar-refractivity contribution < 1.29 is 21.4 Å². The molecule has 1 N–H and O–H groups in total. The number of hydrogen-bond donors (Lipinski definition) is 1. The normalized spacial score (nSPS) is 12.1. The van der Waals surface area contributed by atoms with E-state index in [9.17, 15) is 21.4 Å². The monoisotopic (exact) mass is 313 g/mol. The van der Waals surface area contributed by atoms with Crippen molar-refractivity contribution in [3.8, 4) is 0 Å². The van der Waals surface area contributed by atoms with Gasteiger partial charge < -0.3 is 0 Å². The van der Waals surface area contributed by atoms with E-state index in [0.29, 0.717) is 0 Å². The fraction of sp³-hybridized carbons (Fsp3) is 0. The number of anilines is 1. The average Bonchev–Trinajstić information content (AvgIpc) is 2.39. The highest BCUT2D eigenvalue weighted by Gasteiger charge is 2.34. The van der Waals surface area contributed by atoms with Gasteiger partial charge >= 0.3 is 10.3 Å². The van der Waals surface area contributed by atoms with Crippen LogP contribution in [0.1, 0.15) is 0 Å². The zero-order chi connectivity index (χ0) is 14.8. The SMILES string of the molecule is O=S(=O)(O)N(c1ccccc1)S(=O)(=O)c1ccccc1. The van der Waals surface area contributed by atoms with Crippen LogP contribution in [0, 0.1) is 0 Å². The molecule has 0 spiro atoms. The summed E-state index contributed by atoms with van der Waals surface area (Å²) in [5.41, 5.74) is -0.168. The summed E-state index contributed by atoms with van der Waals surface area (Å²) in [5, 5.41) is 0. The number of benzene rings is 2. The van der Waals surface area contributed by atoms with Crippen LogP contribution in [0.2, 0.25) is 0 Å². The van der Waals surface area contributed by atoms with E-state index in [0.717, 1.165) is 0 Å². The van der Waals surface area contributed by atoms with Crippen LogP contribution in [0.4, 0.5) is 5.69 Å². The first-order valence-electron chi connectivity index (χ1n) is 5.46. The molecule has 0 fully saturated rings. The maximum atomic E-state index is 12.4. The molecule has 0 aliphatic rings. The first kappa shape index (κ1) is 14.5. The van der Waals surface area contributed by atoms with Crippen molar-refractivity contribution in [3.05, 3.63) is 60.7 Å². The van der Waals surface area contributed by atoms with E-state index >= 15 is 0 Å². The molecule has 0 aromatic heterocycles. The molecule has 0 saturated heterocycles. The van der Waals surface area contributed by atoms with Gasteiger partial charge in [-0.25, -0.2) is 0 Å². The number of nitrogens with zero attached hydrogens (tertiary/aromatic N) is 1. The van der Waals surface area contributed by atoms with E-state index in [4.69, 9.17) is 0 Å². The summed E-state index contributed by atoms with van der Waals surface area (Å²) in [7, 11) is -9.39. The molecule has 0 bridgehead atoms. The Hall–Kier alpha value is -1.90. The second kappa shape index (κ2) is 5.23. The van der Waals surface area contributed by atoms with Crippen molar-refractivity contribution in [3.63, 3.8) is 0 Å². The first-order chi connectivity index (χ1) is 9.33. The summed E-state index contributed by atoms with van der Waals surface area (Å²) < 4.78 is 56.9. The van der Waals surface area contributed by atoms with Crippen LogP contribution in [0.5, 0.6) is 0 Å². The van der Waals surface area contributed by atoms with Crippen LogP contribution in [-0.2, 0) is 20.3 Å². The van der Waals surface area contributed by atoms with Gasteiger partial charge in [-0.15, -0.1) is 3.71 Å². The lowest BCUT2D eigenvalue weighted by molar-refractivity contribution is 0.483. The molecule has 2 aromatic rings. The third-order valence-corrected chi connectivity index (χ3v) is 5.74. The van der Waals surface area contributed by atoms with Gasteiger partial charge in [-0.1, -0.05) is 36.4 Å². The molecule has 0 atom stereocenters. The molecule has 0 aliphatic heterocycles. The molecule has 0 heterocycles. The summed E-state index contributed by atoms with van der Waals surface area (Å²) in [6.07, 6.45) is 0. The predicted molar refractivity (Wildman–Crippen MR) is 74.1 cm³/mol. The van der Waals surface area contributed by atoms with Gasteiger partial charge in [0.25, 0.3) is 10.0 Å². The Morgan fingerprint density at radius 1 is 0.750 bits per heavy atom. The highest BCUT2D eigenvalue weighted by Crippen LogP contribution is 2.25. The molecule has 8 heteroatoms. The minimum Gasteiger partial charge on any atom is -0.268 e. The Morgan fingerprint density at radius 2 is 1.20 bits per heavy atom. The highest BCUT2D eigenvalue weighted by molar-refractivity contribution is 8.07. The number of sulfonamides is 1. The molecule has 2 aromatic carbocycles. The standard InChI is InChI=1S/C12H11NO5S2/c14-19(15,12-9-5-2-6-10-12)13(20(16,17)18)11-7-3-1-4-8-11/h1-10H,(H,16,17,18). The molecule has 6 nitrogen and oxygen atoms in total. The second-order valence-electron chi connectivity index (χ2n) is 3.83. The van der Waals surface area contributed by atoms with E-state index in [-0.39, 0.29) is 14.3 Å². The van der Waals surface area contributed by atoms with Gasteiger partial charge in [0.2, 0.25) is 0 Å². The third-order valence-electron chi connectivity index (χ3n) is 2.44. The minimum absolute atomic E-state index is 0.00463. The molecule has 2 rings (SSSR count). The minimum atomic E-state index is -4.98. The van der Waals surface area contributed by atoms with Crippen LogP contribution in [-0.4, -0.2) is 21.4 Å². The van der Waals surface area contributed by atoms with Gasteiger partial charge in [0.05, 0.1) is 10.6 Å². The van der Waals surface area contributed by atoms with Gasteiger partial charge in [-0.3, -0.25) is 4.55 Å². The van der Waals surface area contributed by atoms with Crippen molar-refractivity contribution in [2.24, 2.45) is 0 Å². The quantitative estimate of drug-likeness (QED) is 0.867. The zero-order valence-corrected chi connectivity index (χ0v) is 11.8. The zero-order valence-electron chi connectivity index (χ0n) is 10.1. The van der Waals surface area contributed by atoms with Gasteiger partial charge in [-0.2, -0.15) is 16.8 Å². The Morgan fingerprint density at radius 3 is 1.65 bits per heavy atom. The Labute approximate surface area is 117 Å². The Kier molecular flexibility index (Phi) is 3.80. The molecule has 0 unspecified atom stereocenters. The lowest BCUT2D eigenvalue weighted by Crippen LogP contribution is -2.36. The fourth-order valence-electron chi connectivity index (χ4n) is 1.63. The van der Waals surface area contributed by atoms with E-state index in [1.54, 1.807) is 12.1 Å². The smallest absolute Gasteiger partial charge is 0.268 e. The molecule has 0 amide bonds. The number of rotatable bonds is 4. The van der Waals surface area contributed by atoms with Crippen LogP contribution in [0.3, 0.4) is 0 Å². The lowest BCUT2D eigenvalue weighted by atomic mass is 10.3. The largest absolute Gasteiger partial charge is 0.373 e. The summed E-state index contributed by atoms with van der Waals surface area (Å²) in [6, 6.07) is 14.1. The average molecular weight is 313 g/mol. The van der Waals surface area contributed by atoms with Crippen LogP contribution < -0.4 is 3.71 Å². The summed E-state index contributed by atoms with van der Waals surface area (Å²) in [4.78, 5) is -0.235. The van der Waals surface area contributed by atoms with Crippen molar-refractivity contribution in [2.75, 3.05) is 3.71 Å². The summed E-state index contributed by atoms with van der Waals surface area (Å²) >= 11 is 0. The van der Waals surface area contributed by atoms with E-state index < -0.39 is 20.3 Å². The van der Waals surface area contributed by atoms with E-state index in [2.05, 4.69) is 0 Å². The molecule has 0 saturated carbocycles. The Balaban J connectivity index is 2.66. The van der Waals surface area contributed by atoms with E-state index in [1.165, 1.54) is 48.5 Å². The number of para-hydroxylation sites is 1. The van der Waals surface area contributed by atoms with Crippen molar-refractivity contribution >= 4 is 26.0 Å². The predicted octanol–water partition coefficient (Wildman–Crippen LogP) is 1.68. The highest BCUT2D eigenvalue weighted by atomic mass is 32.3. The molecule has 106 valence electrons. The van der Waals surface area contributed by atoms with Crippen LogP contribution in [0.25, 0.3) is 0 Å². The lowest BCUT2D eigenvalue weighted by Gasteiger charge is -2.20. The van der Waals surface area contributed by atoms with E-state index in [1.807, 2.05) is 0 Å². The van der Waals surface area contributed by atoms with Gasteiger partial charge in [0.1, 0.15) is 0 Å². The third kappa shape index (κ3) is 2.82. The Bertz CT molecular complexity index is 786. The summed E-state index contributed by atoms with van der Waals surface area (Å²) in [5.74, 6) is 0. The number of hydrogen-bond acceptors (Lipinski definition) is 4. The van der Waals surface area contributed by atoms with Gasteiger partial charge in [-0.05, 0) is 24.3 Å². The van der Waals surface area contributed by atoms with Crippen molar-refractivity contribution in [2.45, 2.75) is 4.90 Å². The van der Waals surface area contributed by atoms with Gasteiger partial charge in [0.15, 0.2) is 0 Å². The fourth-order valence-corrected chi connectivity index (χ4v) is 4.36. The molecule has 0 aliphatic carbocycles. The van der Waals surface area contributed by atoms with Crippen LogP contribution >= 0.6 is 0 Å². The molecule has 20 heavy (non-hydrogen) atoms. The van der Waals surface area contributed by atoms with Gasteiger partial charge in [0, 0.05) is 0 Å².